The molecule has 142 valence electrons. The highest BCUT2D eigenvalue weighted by atomic mass is 32.2. The number of hydrogen-bond donors (Lipinski definition) is 1. The normalized spacial score (nSPS) is 24.0. The van der Waals surface area contributed by atoms with Gasteiger partial charge in [0.1, 0.15) is 0 Å². The van der Waals surface area contributed by atoms with Crippen molar-refractivity contribution in [3.05, 3.63) is 23.5 Å². The number of piperidine rings is 1. The van der Waals surface area contributed by atoms with Crippen LogP contribution in [0.15, 0.2) is 12.1 Å². The molecule has 9 heteroatoms. The fraction of sp³-hybridized carbons (Fsp3) is 0.588. The first-order chi connectivity index (χ1) is 12.2. The average molecular weight is 381 g/mol. The predicted octanol–water partition coefficient (Wildman–Crippen LogP) is 0.713. The van der Waals surface area contributed by atoms with E-state index < -0.39 is 16.0 Å². The number of amides is 2. The highest BCUT2D eigenvalue weighted by Crippen LogP contribution is 2.30. The van der Waals surface area contributed by atoms with Gasteiger partial charge < -0.3 is 4.90 Å². The van der Waals surface area contributed by atoms with E-state index >= 15 is 0 Å². The Labute approximate surface area is 153 Å². The number of aryl methyl sites for hydroxylation is 1. The van der Waals surface area contributed by atoms with Gasteiger partial charge in [-0.15, -0.1) is 0 Å². The third-order valence-corrected chi connectivity index (χ3v) is 5.38. The quantitative estimate of drug-likeness (QED) is 0.591. The molecule has 2 saturated heterocycles. The molecule has 26 heavy (non-hydrogen) atoms. The summed E-state index contributed by atoms with van der Waals surface area (Å²) in [6.45, 7) is 3.59. The van der Waals surface area contributed by atoms with Crippen LogP contribution in [0.25, 0.3) is 0 Å². The van der Waals surface area contributed by atoms with E-state index in [4.69, 9.17) is 4.18 Å². The lowest BCUT2D eigenvalue weighted by atomic mass is 9.94. The zero-order chi connectivity index (χ0) is 18.9. The molecule has 1 aromatic rings. The number of imide groups is 1. The summed E-state index contributed by atoms with van der Waals surface area (Å²) in [7, 11) is -3.42. The Balaban J connectivity index is 1.67. The van der Waals surface area contributed by atoms with Gasteiger partial charge in [-0.1, -0.05) is 0 Å². The molecule has 0 aliphatic carbocycles. The van der Waals surface area contributed by atoms with Gasteiger partial charge in [-0.2, -0.15) is 8.42 Å². The Hall–Kier alpha value is -2.00. The van der Waals surface area contributed by atoms with Crippen LogP contribution in [0.4, 0.5) is 5.69 Å². The van der Waals surface area contributed by atoms with E-state index in [1.54, 1.807) is 0 Å². The van der Waals surface area contributed by atoms with Gasteiger partial charge in [0.2, 0.25) is 11.8 Å². The summed E-state index contributed by atoms with van der Waals surface area (Å²) >= 11 is 0. The number of pyridine rings is 1. The van der Waals surface area contributed by atoms with Crippen LogP contribution < -0.4 is 10.2 Å². The molecule has 0 radical (unpaired) electrons. The summed E-state index contributed by atoms with van der Waals surface area (Å²) in [5.41, 5.74) is 2.46. The Bertz CT molecular complexity index is 824. The zero-order valence-electron chi connectivity index (χ0n) is 14.9. The molecule has 1 aromatic heterocycles. The lowest BCUT2D eigenvalue weighted by molar-refractivity contribution is -0.134. The Kier molecular flexibility index (Phi) is 5.29. The first-order valence-corrected chi connectivity index (χ1v) is 10.4. The maximum Gasteiger partial charge on any atom is 0.264 e. The summed E-state index contributed by atoms with van der Waals surface area (Å²) in [5, 5.41) is 2.36. The van der Waals surface area contributed by atoms with Gasteiger partial charge in [-0.25, -0.2) is 0 Å². The zero-order valence-corrected chi connectivity index (χ0v) is 15.7. The lowest BCUT2D eigenvalue weighted by Crippen LogP contribution is -2.39. The first kappa shape index (κ1) is 18.8. The van der Waals surface area contributed by atoms with Crippen LogP contribution in [0.5, 0.6) is 0 Å². The maximum atomic E-state index is 12.0. The van der Waals surface area contributed by atoms with E-state index in [1.807, 2.05) is 19.1 Å². The van der Waals surface area contributed by atoms with Gasteiger partial charge in [-0.3, -0.25) is 24.1 Å². The van der Waals surface area contributed by atoms with Gasteiger partial charge in [0.25, 0.3) is 10.1 Å². The number of carbonyl (C=O) groups excluding carboxylic acids is 2. The van der Waals surface area contributed by atoms with Gasteiger partial charge in [0.15, 0.2) is 0 Å². The van der Waals surface area contributed by atoms with E-state index in [2.05, 4.69) is 15.2 Å². The van der Waals surface area contributed by atoms with Gasteiger partial charge >= 0.3 is 0 Å². The van der Waals surface area contributed by atoms with Gasteiger partial charge in [-0.05, 0) is 31.9 Å². The van der Waals surface area contributed by atoms with Crippen molar-refractivity contribution in [1.82, 2.24) is 10.3 Å². The summed E-state index contributed by atoms with van der Waals surface area (Å²) in [6.07, 6.45) is 2.71. The summed E-state index contributed by atoms with van der Waals surface area (Å²) in [4.78, 5) is 30.0. The summed E-state index contributed by atoms with van der Waals surface area (Å²) < 4.78 is 27.2. The molecule has 0 aromatic carbocycles. The van der Waals surface area contributed by atoms with E-state index in [9.17, 15) is 18.0 Å². The molecule has 1 N–H and O–H groups in total. The van der Waals surface area contributed by atoms with Crippen LogP contribution >= 0.6 is 0 Å². The highest BCUT2D eigenvalue weighted by molar-refractivity contribution is 7.85. The van der Waals surface area contributed by atoms with Crippen molar-refractivity contribution in [2.24, 2.45) is 5.92 Å². The van der Waals surface area contributed by atoms with Crippen LogP contribution in [-0.2, 0) is 23.9 Å². The van der Waals surface area contributed by atoms with Crippen molar-refractivity contribution in [2.75, 3.05) is 30.9 Å². The minimum Gasteiger partial charge on any atom is -0.370 e. The van der Waals surface area contributed by atoms with Gasteiger partial charge in [0.05, 0.1) is 35.9 Å². The third kappa shape index (κ3) is 4.39. The topological polar surface area (TPSA) is 106 Å². The minimum absolute atomic E-state index is 0.152. The SMILES string of the molecule is Cc1nc(C2CCC(=O)NC2=O)ccc1N1CC[C@@H](COS(C)(=O)=O)C1. The van der Waals surface area contributed by atoms with Crippen LogP contribution in [-0.4, -0.2) is 51.2 Å². The molecule has 2 fully saturated rings. The molecule has 0 spiro atoms. The molecule has 2 atom stereocenters. The monoisotopic (exact) mass is 381 g/mol. The number of carbonyl (C=O) groups is 2. The standard InChI is InChI=1S/C17H23N3O5S/c1-11-15(20-8-7-12(9-20)10-25-26(2,23)24)5-4-14(18-11)13-3-6-16(21)19-17(13)22/h4-5,12-13H,3,6-10H2,1-2H3,(H,19,21,22)/t12-,13?/m1/s1. The van der Waals surface area contributed by atoms with E-state index in [0.717, 1.165) is 30.6 Å². The molecule has 2 aliphatic heterocycles. The molecule has 3 rings (SSSR count). The fourth-order valence-corrected chi connectivity index (χ4v) is 3.92. The second kappa shape index (κ2) is 7.32. The third-order valence-electron chi connectivity index (χ3n) is 4.82. The molecular weight excluding hydrogens is 358 g/mol. The maximum absolute atomic E-state index is 12.0. The molecule has 2 amide bonds. The average Bonchev–Trinajstić information content (AvgIpc) is 3.01. The van der Waals surface area contributed by atoms with Crippen molar-refractivity contribution >= 4 is 27.6 Å². The number of aromatic nitrogens is 1. The number of hydrogen-bond acceptors (Lipinski definition) is 7. The predicted molar refractivity (Wildman–Crippen MR) is 95.2 cm³/mol. The highest BCUT2D eigenvalue weighted by Gasteiger charge is 2.30. The Morgan fingerprint density at radius 1 is 1.31 bits per heavy atom. The number of rotatable bonds is 5. The lowest BCUT2D eigenvalue weighted by Gasteiger charge is -2.24. The molecule has 8 nitrogen and oxygen atoms in total. The fourth-order valence-electron chi connectivity index (χ4n) is 3.48. The smallest absolute Gasteiger partial charge is 0.264 e. The number of nitrogens with one attached hydrogen (secondary N) is 1. The van der Waals surface area contributed by atoms with Crippen molar-refractivity contribution in [3.8, 4) is 0 Å². The molecule has 1 unspecified atom stereocenters. The molecule has 0 saturated carbocycles. The first-order valence-electron chi connectivity index (χ1n) is 8.63. The number of nitrogens with zero attached hydrogens (tertiary/aromatic N) is 2. The van der Waals surface area contributed by atoms with E-state index in [0.29, 0.717) is 25.1 Å². The molecule has 0 bridgehead atoms. The van der Waals surface area contributed by atoms with Crippen LogP contribution in [0.1, 0.15) is 36.6 Å². The van der Waals surface area contributed by atoms with Crippen molar-refractivity contribution < 1.29 is 22.2 Å². The largest absolute Gasteiger partial charge is 0.370 e. The van der Waals surface area contributed by atoms with Crippen LogP contribution in [0, 0.1) is 12.8 Å². The number of anilines is 1. The minimum atomic E-state index is -3.42. The van der Waals surface area contributed by atoms with Crippen molar-refractivity contribution in [3.63, 3.8) is 0 Å². The Morgan fingerprint density at radius 2 is 2.08 bits per heavy atom. The molecule has 3 heterocycles. The second-order valence-corrected chi connectivity index (χ2v) is 8.58. The second-order valence-electron chi connectivity index (χ2n) is 6.93. The van der Waals surface area contributed by atoms with Crippen LogP contribution in [0.2, 0.25) is 0 Å². The van der Waals surface area contributed by atoms with E-state index in [1.165, 1.54) is 0 Å². The van der Waals surface area contributed by atoms with Crippen molar-refractivity contribution in [1.29, 1.82) is 0 Å². The van der Waals surface area contributed by atoms with E-state index in [-0.39, 0.29) is 24.3 Å². The summed E-state index contributed by atoms with van der Waals surface area (Å²) in [5.74, 6) is -0.770. The molecular formula is C17H23N3O5S. The van der Waals surface area contributed by atoms with Gasteiger partial charge in [0, 0.05) is 25.4 Å². The summed E-state index contributed by atoms with van der Waals surface area (Å²) in [6, 6.07) is 3.78. The van der Waals surface area contributed by atoms with Crippen LogP contribution in [0.3, 0.4) is 0 Å². The Morgan fingerprint density at radius 3 is 2.73 bits per heavy atom. The molecule has 2 aliphatic rings. The van der Waals surface area contributed by atoms with Crippen molar-refractivity contribution in [2.45, 2.75) is 32.1 Å².